The van der Waals surface area contributed by atoms with Gasteiger partial charge in [0.15, 0.2) is 11.5 Å². The molecule has 0 aliphatic carbocycles. The molecule has 144 valence electrons. The molecule has 1 heterocycles. The minimum atomic E-state index is -0.0322. The average Bonchev–Trinajstić information content (AvgIpc) is 2.72. The van der Waals surface area contributed by atoms with Gasteiger partial charge >= 0.3 is 0 Å². The Labute approximate surface area is 160 Å². The van der Waals surface area contributed by atoms with Crippen molar-refractivity contribution in [3.63, 3.8) is 0 Å². The van der Waals surface area contributed by atoms with Crippen LogP contribution >= 0.6 is 0 Å². The van der Waals surface area contributed by atoms with Crippen molar-refractivity contribution in [1.29, 1.82) is 0 Å². The molecular weight excluding hydrogens is 344 g/mol. The largest absolute Gasteiger partial charge is 0.493 e. The first-order chi connectivity index (χ1) is 13.1. The predicted molar refractivity (Wildman–Crippen MR) is 104 cm³/mol. The van der Waals surface area contributed by atoms with Gasteiger partial charge in [-0.3, -0.25) is 4.79 Å². The van der Waals surface area contributed by atoms with Crippen molar-refractivity contribution in [3.05, 3.63) is 53.6 Å². The molecule has 1 unspecified atom stereocenters. The molecule has 0 aromatic heterocycles. The van der Waals surface area contributed by atoms with Crippen molar-refractivity contribution in [1.82, 2.24) is 10.2 Å². The normalized spacial score (nSPS) is 16.7. The number of nitrogens with zero attached hydrogens (tertiary/aromatic N) is 1. The number of piperazine rings is 1. The smallest absolute Gasteiger partial charge is 0.254 e. The van der Waals surface area contributed by atoms with E-state index in [0.29, 0.717) is 36.0 Å². The molecule has 2 aromatic carbocycles. The molecule has 1 saturated heterocycles. The van der Waals surface area contributed by atoms with Crippen LogP contribution in [0.3, 0.4) is 0 Å². The maximum absolute atomic E-state index is 13.0. The zero-order valence-electron chi connectivity index (χ0n) is 16.0. The van der Waals surface area contributed by atoms with E-state index in [9.17, 15) is 4.79 Å². The lowest BCUT2D eigenvalue weighted by Crippen LogP contribution is -2.52. The zero-order valence-corrected chi connectivity index (χ0v) is 16.0. The molecule has 1 amide bonds. The van der Waals surface area contributed by atoms with Crippen molar-refractivity contribution in [2.45, 2.75) is 19.6 Å². The molecule has 0 radical (unpaired) electrons. The van der Waals surface area contributed by atoms with Crippen LogP contribution in [0.2, 0.25) is 0 Å². The number of nitrogens with one attached hydrogen (secondary N) is 1. The summed E-state index contributed by atoms with van der Waals surface area (Å²) < 4.78 is 16.9. The molecule has 1 atom stereocenters. The van der Waals surface area contributed by atoms with Crippen LogP contribution in [0.25, 0.3) is 0 Å². The van der Waals surface area contributed by atoms with E-state index in [4.69, 9.17) is 14.2 Å². The van der Waals surface area contributed by atoms with Gasteiger partial charge in [-0.25, -0.2) is 0 Å². The van der Waals surface area contributed by atoms with E-state index < -0.39 is 0 Å². The van der Waals surface area contributed by atoms with Crippen molar-refractivity contribution < 1.29 is 19.0 Å². The third-order valence-corrected chi connectivity index (χ3v) is 4.70. The van der Waals surface area contributed by atoms with E-state index in [1.807, 2.05) is 42.2 Å². The molecule has 3 rings (SSSR count). The SMILES string of the molecule is COc1cc(C(=O)N2CCNCC2C)cc(OC)c1OCc1ccccc1. The van der Waals surface area contributed by atoms with E-state index >= 15 is 0 Å². The Balaban J connectivity index is 1.86. The summed E-state index contributed by atoms with van der Waals surface area (Å²) in [6.45, 7) is 4.68. The highest BCUT2D eigenvalue weighted by molar-refractivity contribution is 5.96. The molecule has 6 nitrogen and oxygen atoms in total. The first-order valence-electron chi connectivity index (χ1n) is 9.08. The topological polar surface area (TPSA) is 60.0 Å². The number of carbonyl (C=O) groups excluding carboxylic acids is 1. The predicted octanol–water partition coefficient (Wildman–Crippen LogP) is 2.72. The van der Waals surface area contributed by atoms with Gasteiger partial charge in [0.1, 0.15) is 6.61 Å². The first-order valence-corrected chi connectivity index (χ1v) is 9.08. The molecule has 1 fully saturated rings. The molecule has 2 aromatic rings. The van der Waals surface area contributed by atoms with E-state index in [0.717, 1.165) is 18.7 Å². The second-order valence-electron chi connectivity index (χ2n) is 6.54. The molecule has 0 spiro atoms. The highest BCUT2D eigenvalue weighted by Crippen LogP contribution is 2.39. The van der Waals surface area contributed by atoms with Crippen LogP contribution in [0.1, 0.15) is 22.8 Å². The molecule has 1 N–H and O–H groups in total. The molecule has 0 bridgehead atoms. The number of benzene rings is 2. The summed E-state index contributed by atoms with van der Waals surface area (Å²) in [4.78, 5) is 14.9. The minimum absolute atomic E-state index is 0.0322. The third-order valence-electron chi connectivity index (χ3n) is 4.70. The summed E-state index contributed by atoms with van der Waals surface area (Å²) in [6, 6.07) is 13.4. The van der Waals surface area contributed by atoms with Gasteiger partial charge in [-0.2, -0.15) is 0 Å². The van der Waals surface area contributed by atoms with Crippen LogP contribution in [0.5, 0.6) is 17.2 Å². The lowest BCUT2D eigenvalue weighted by molar-refractivity contribution is 0.0655. The standard InChI is InChI=1S/C21H26N2O4/c1-15-13-22-9-10-23(15)21(24)17-11-18(25-2)20(19(12-17)26-3)27-14-16-7-5-4-6-8-16/h4-8,11-12,15,22H,9-10,13-14H2,1-3H3. The van der Waals surface area contributed by atoms with Crippen LogP contribution in [0.15, 0.2) is 42.5 Å². The minimum Gasteiger partial charge on any atom is -0.493 e. The lowest BCUT2D eigenvalue weighted by atomic mass is 10.1. The summed E-state index contributed by atoms with van der Waals surface area (Å²) in [5, 5.41) is 3.29. The maximum Gasteiger partial charge on any atom is 0.254 e. The molecular formula is C21H26N2O4. The first kappa shape index (κ1) is 19.0. The van der Waals surface area contributed by atoms with Crippen LogP contribution < -0.4 is 19.5 Å². The number of amides is 1. The number of methoxy groups -OCH3 is 2. The average molecular weight is 370 g/mol. The Morgan fingerprint density at radius 2 is 1.81 bits per heavy atom. The van der Waals surface area contributed by atoms with Gasteiger partial charge in [0, 0.05) is 31.2 Å². The fraction of sp³-hybridized carbons (Fsp3) is 0.381. The molecule has 6 heteroatoms. The number of hydrogen-bond donors (Lipinski definition) is 1. The van der Waals surface area contributed by atoms with E-state index in [1.54, 1.807) is 26.4 Å². The lowest BCUT2D eigenvalue weighted by Gasteiger charge is -2.34. The van der Waals surface area contributed by atoms with Gasteiger partial charge < -0.3 is 24.4 Å². The second kappa shape index (κ2) is 8.77. The van der Waals surface area contributed by atoms with Gasteiger partial charge in [-0.1, -0.05) is 30.3 Å². The van der Waals surface area contributed by atoms with Gasteiger partial charge in [0.05, 0.1) is 14.2 Å². The molecule has 27 heavy (non-hydrogen) atoms. The number of rotatable bonds is 6. The highest BCUT2D eigenvalue weighted by atomic mass is 16.5. The summed E-state index contributed by atoms with van der Waals surface area (Å²) in [5.74, 6) is 1.43. The number of carbonyl (C=O) groups is 1. The summed E-state index contributed by atoms with van der Waals surface area (Å²) in [6.07, 6.45) is 0. The summed E-state index contributed by atoms with van der Waals surface area (Å²) >= 11 is 0. The quantitative estimate of drug-likeness (QED) is 0.847. The highest BCUT2D eigenvalue weighted by Gasteiger charge is 2.26. The van der Waals surface area contributed by atoms with Gasteiger partial charge in [-0.05, 0) is 24.6 Å². The second-order valence-corrected chi connectivity index (χ2v) is 6.54. The maximum atomic E-state index is 13.0. The van der Waals surface area contributed by atoms with E-state index in [1.165, 1.54) is 0 Å². The Bertz CT molecular complexity index is 754. The summed E-state index contributed by atoms with van der Waals surface area (Å²) in [5.41, 5.74) is 1.57. The zero-order chi connectivity index (χ0) is 19.2. The summed E-state index contributed by atoms with van der Waals surface area (Å²) in [7, 11) is 3.12. The number of ether oxygens (including phenoxy) is 3. The van der Waals surface area contributed by atoms with Crippen LogP contribution in [-0.4, -0.2) is 50.7 Å². The van der Waals surface area contributed by atoms with Crippen molar-refractivity contribution in [2.75, 3.05) is 33.9 Å². The van der Waals surface area contributed by atoms with Gasteiger partial charge in [0.2, 0.25) is 5.75 Å². The molecule has 0 saturated carbocycles. The van der Waals surface area contributed by atoms with Crippen LogP contribution in [0, 0.1) is 0 Å². The Hall–Kier alpha value is -2.73. The van der Waals surface area contributed by atoms with Crippen LogP contribution in [-0.2, 0) is 6.61 Å². The number of hydrogen-bond acceptors (Lipinski definition) is 5. The van der Waals surface area contributed by atoms with Gasteiger partial charge in [0.25, 0.3) is 5.91 Å². The third kappa shape index (κ3) is 4.34. The molecule has 1 aliphatic heterocycles. The molecule has 1 aliphatic rings. The fourth-order valence-electron chi connectivity index (χ4n) is 3.18. The van der Waals surface area contributed by atoms with E-state index in [2.05, 4.69) is 5.32 Å². The van der Waals surface area contributed by atoms with Crippen molar-refractivity contribution >= 4 is 5.91 Å². The Morgan fingerprint density at radius 1 is 1.15 bits per heavy atom. The van der Waals surface area contributed by atoms with Crippen molar-refractivity contribution in [2.24, 2.45) is 0 Å². The van der Waals surface area contributed by atoms with Crippen LogP contribution in [0.4, 0.5) is 0 Å². The fourth-order valence-corrected chi connectivity index (χ4v) is 3.18. The van der Waals surface area contributed by atoms with Crippen molar-refractivity contribution in [3.8, 4) is 17.2 Å². The Morgan fingerprint density at radius 3 is 2.41 bits per heavy atom. The van der Waals surface area contributed by atoms with Gasteiger partial charge in [-0.15, -0.1) is 0 Å². The monoisotopic (exact) mass is 370 g/mol. The van der Waals surface area contributed by atoms with E-state index in [-0.39, 0.29) is 11.9 Å². The Kier molecular flexibility index (Phi) is 6.19.